The average Bonchev–Trinajstić information content (AvgIpc) is 2.79. The monoisotopic (exact) mass is 543 g/mol. The Bertz CT molecular complexity index is 1310. The molecule has 0 radical (unpaired) electrons. The minimum absolute atomic E-state index is 0.0905. The summed E-state index contributed by atoms with van der Waals surface area (Å²) in [5, 5.41) is 3.85. The molecule has 0 aliphatic carbocycles. The largest absolute Gasteiger partial charge is 0.495 e. The van der Waals surface area contributed by atoms with Crippen LogP contribution in [0.5, 0.6) is 5.75 Å². The van der Waals surface area contributed by atoms with Crippen molar-refractivity contribution in [2.24, 2.45) is 0 Å². The maximum Gasteiger partial charge on any atom is 0.266 e. The fourth-order valence-corrected chi connectivity index (χ4v) is 4.41. The summed E-state index contributed by atoms with van der Waals surface area (Å²) in [6.07, 6.45) is 0. The van der Waals surface area contributed by atoms with Gasteiger partial charge < -0.3 is 10.1 Å². The molecule has 0 bridgehead atoms. The number of aromatic nitrogens is 2. The van der Waals surface area contributed by atoms with Gasteiger partial charge in [0.15, 0.2) is 5.16 Å². The lowest BCUT2D eigenvalue weighted by molar-refractivity contribution is -0.113. The van der Waals surface area contributed by atoms with E-state index in [1.54, 1.807) is 23.8 Å². The highest BCUT2D eigenvalue weighted by molar-refractivity contribution is 14.1. The summed E-state index contributed by atoms with van der Waals surface area (Å²) in [7, 11) is 1.55. The maximum absolute atomic E-state index is 13.3. The molecule has 0 unspecified atom stereocenters. The number of fused-ring (bicyclic) bond motifs is 1. The van der Waals surface area contributed by atoms with E-state index in [-0.39, 0.29) is 17.2 Å². The number of nitrogens with one attached hydrogen (secondary N) is 1. The third-order valence-electron chi connectivity index (χ3n) is 4.53. The first kappa shape index (κ1) is 21.4. The van der Waals surface area contributed by atoms with Crippen LogP contribution in [0.1, 0.15) is 0 Å². The van der Waals surface area contributed by atoms with E-state index in [1.165, 1.54) is 11.8 Å². The second kappa shape index (κ2) is 9.52. The SMILES string of the molecule is COc1ccccc1NC(=O)CSc1nc2ccc(I)cc2c(=O)n1-c1ccccc1. The van der Waals surface area contributed by atoms with Gasteiger partial charge in [0.1, 0.15) is 5.75 Å². The fraction of sp³-hybridized carbons (Fsp3) is 0.0870. The number of carbonyl (C=O) groups excluding carboxylic acids is 1. The van der Waals surface area contributed by atoms with Gasteiger partial charge in [-0.1, -0.05) is 42.1 Å². The van der Waals surface area contributed by atoms with E-state index in [9.17, 15) is 9.59 Å². The first-order valence-corrected chi connectivity index (χ1v) is 11.5. The van der Waals surface area contributed by atoms with Gasteiger partial charge in [-0.05, 0) is 65.1 Å². The van der Waals surface area contributed by atoms with Crippen molar-refractivity contribution in [1.29, 1.82) is 0 Å². The van der Waals surface area contributed by atoms with Crippen LogP contribution < -0.4 is 15.6 Å². The second-order valence-corrected chi connectivity index (χ2v) is 8.76. The van der Waals surface area contributed by atoms with E-state index in [2.05, 4.69) is 32.9 Å². The zero-order valence-corrected chi connectivity index (χ0v) is 19.5. The van der Waals surface area contributed by atoms with Crippen LogP contribution in [-0.4, -0.2) is 28.3 Å². The number of nitrogens with zero attached hydrogens (tertiary/aromatic N) is 2. The normalized spacial score (nSPS) is 10.8. The minimum atomic E-state index is -0.217. The van der Waals surface area contributed by atoms with E-state index in [0.29, 0.717) is 33.2 Å². The molecule has 31 heavy (non-hydrogen) atoms. The lowest BCUT2D eigenvalue weighted by atomic mass is 10.2. The van der Waals surface area contributed by atoms with Crippen LogP contribution in [0.2, 0.25) is 0 Å². The van der Waals surface area contributed by atoms with E-state index in [1.807, 2.05) is 60.7 Å². The lowest BCUT2D eigenvalue weighted by Gasteiger charge is -2.14. The number of benzene rings is 3. The Morgan fingerprint density at radius 3 is 2.61 bits per heavy atom. The fourth-order valence-electron chi connectivity index (χ4n) is 3.10. The van der Waals surface area contributed by atoms with Crippen molar-refractivity contribution in [2.75, 3.05) is 18.2 Å². The molecule has 156 valence electrons. The number of amides is 1. The topological polar surface area (TPSA) is 73.2 Å². The number of hydrogen-bond acceptors (Lipinski definition) is 5. The van der Waals surface area contributed by atoms with Gasteiger partial charge in [0.05, 0.1) is 35.1 Å². The zero-order valence-electron chi connectivity index (χ0n) is 16.5. The number of rotatable bonds is 6. The third kappa shape index (κ3) is 4.75. The molecular formula is C23H18IN3O3S. The number of para-hydroxylation sites is 3. The number of halogens is 1. The minimum Gasteiger partial charge on any atom is -0.495 e. The van der Waals surface area contributed by atoms with E-state index < -0.39 is 0 Å². The van der Waals surface area contributed by atoms with Crippen LogP contribution in [-0.2, 0) is 4.79 Å². The number of methoxy groups -OCH3 is 1. The smallest absolute Gasteiger partial charge is 0.266 e. The number of hydrogen-bond donors (Lipinski definition) is 1. The van der Waals surface area contributed by atoms with Crippen molar-refractivity contribution >= 4 is 56.9 Å². The standard InChI is InChI=1S/C23H18IN3O3S/c1-30-20-10-6-5-9-19(20)25-21(28)14-31-23-26-18-12-11-15(24)13-17(18)22(29)27(23)16-7-3-2-4-8-16/h2-13H,14H2,1H3,(H,25,28). The molecule has 1 N–H and O–H groups in total. The summed E-state index contributed by atoms with van der Waals surface area (Å²) in [5.41, 5.74) is 1.73. The molecule has 1 heterocycles. The van der Waals surface area contributed by atoms with Crippen molar-refractivity contribution in [2.45, 2.75) is 5.16 Å². The molecule has 4 rings (SSSR count). The molecule has 0 atom stereocenters. The van der Waals surface area contributed by atoms with Gasteiger partial charge in [0.25, 0.3) is 5.56 Å². The Morgan fingerprint density at radius 1 is 1.10 bits per heavy atom. The number of ether oxygens (including phenoxy) is 1. The van der Waals surface area contributed by atoms with Crippen molar-refractivity contribution in [3.63, 3.8) is 0 Å². The molecule has 8 heteroatoms. The van der Waals surface area contributed by atoms with Gasteiger partial charge >= 0.3 is 0 Å². The highest BCUT2D eigenvalue weighted by Gasteiger charge is 2.16. The molecule has 1 amide bonds. The number of carbonyl (C=O) groups is 1. The van der Waals surface area contributed by atoms with Gasteiger partial charge in [0, 0.05) is 3.57 Å². The Labute approximate surface area is 196 Å². The summed E-state index contributed by atoms with van der Waals surface area (Å²) in [5.74, 6) is 0.458. The van der Waals surface area contributed by atoms with Gasteiger partial charge in [-0.2, -0.15) is 0 Å². The van der Waals surface area contributed by atoms with Crippen LogP contribution in [0.15, 0.2) is 82.7 Å². The highest BCUT2D eigenvalue weighted by Crippen LogP contribution is 2.25. The van der Waals surface area contributed by atoms with Crippen LogP contribution >= 0.6 is 34.4 Å². The molecule has 1 aromatic heterocycles. The van der Waals surface area contributed by atoms with Crippen LogP contribution in [0.4, 0.5) is 5.69 Å². The summed E-state index contributed by atoms with van der Waals surface area (Å²) in [4.78, 5) is 30.6. The van der Waals surface area contributed by atoms with Gasteiger partial charge in [-0.3, -0.25) is 14.2 Å². The summed E-state index contributed by atoms with van der Waals surface area (Å²) >= 11 is 3.39. The molecule has 0 aliphatic rings. The summed E-state index contributed by atoms with van der Waals surface area (Å²) in [6.45, 7) is 0. The predicted octanol–water partition coefficient (Wildman–Crippen LogP) is 4.73. The first-order chi connectivity index (χ1) is 15.1. The molecule has 0 fully saturated rings. The number of anilines is 1. The average molecular weight is 543 g/mol. The molecule has 6 nitrogen and oxygen atoms in total. The molecular weight excluding hydrogens is 525 g/mol. The Morgan fingerprint density at radius 2 is 1.84 bits per heavy atom. The Kier molecular flexibility index (Phi) is 6.57. The van der Waals surface area contributed by atoms with Gasteiger partial charge in [-0.15, -0.1) is 0 Å². The predicted molar refractivity (Wildman–Crippen MR) is 132 cm³/mol. The van der Waals surface area contributed by atoms with Crippen molar-refractivity contribution in [1.82, 2.24) is 9.55 Å². The van der Waals surface area contributed by atoms with E-state index in [0.717, 1.165) is 3.57 Å². The molecule has 0 saturated heterocycles. The zero-order chi connectivity index (χ0) is 21.8. The van der Waals surface area contributed by atoms with E-state index in [4.69, 9.17) is 4.74 Å². The maximum atomic E-state index is 13.3. The molecule has 0 spiro atoms. The van der Waals surface area contributed by atoms with Crippen molar-refractivity contribution in [3.05, 3.63) is 86.7 Å². The van der Waals surface area contributed by atoms with Crippen molar-refractivity contribution < 1.29 is 9.53 Å². The van der Waals surface area contributed by atoms with Gasteiger partial charge in [-0.25, -0.2) is 4.98 Å². The Balaban J connectivity index is 1.67. The highest BCUT2D eigenvalue weighted by atomic mass is 127. The first-order valence-electron chi connectivity index (χ1n) is 9.40. The molecule has 3 aromatic carbocycles. The second-order valence-electron chi connectivity index (χ2n) is 6.57. The van der Waals surface area contributed by atoms with Crippen LogP contribution in [0.25, 0.3) is 16.6 Å². The lowest BCUT2D eigenvalue weighted by Crippen LogP contribution is -2.23. The van der Waals surface area contributed by atoms with Crippen LogP contribution in [0.3, 0.4) is 0 Å². The third-order valence-corrected chi connectivity index (χ3v) is 6.14. The molecule has 0 aliphatic heterocycles. The van der Waals surface area contributed by atoms with Crippen molar-refractivity contribution in [3.8, 4) is 11.4 Å². The Hall–Kier alpha value is -2.85. The van der Waals surface area contributed by atoms with Gasteiger partial charge in [0.2, 0.25) is 5.91 Å². The quantitative estimate of drug-likeness (QED) is 0.216. The van der Waals surface area contributed by atoms with Crippen LogP contribution in [0, 0.1) is 3.57 Å². The summed E-state index contributed by atoms with van der Waals surface area (Å²) in [6, 6.07) is 22.1. The summed E-state index contributed by atoms with van der Waals surface area (Å²) < 4.78 is 7.79. The number of thioether (sulfide) groups is 1. The van der Waals surface area contributed by atoms with E-state index >= 15 is 0 Å². The molecule has 0 saturated carbocycles. The molecule has 4 aromatic rings.